The molecule has 0 unspecified atom stereocenters. The number of anilines is 2. The number of nitrogens with zero attached hydrogens (tertiary/aromatic N) is 3. The molecule has 2 aromatic heterocycles. The third kappa shape index (κ3) is 4.16. The van der Waals surface area contributed by atoms with E-state index in [1.165, 1.54) is 5.56 Å². The zero-order valence-electron chi connectivity index (χ0n) is 13.2. The van der Waals surface area contributed by atoms with Gasteiger partial charge in [0, 0.05) is 12.6 Å². The zero-order chi connectivity index (χ0) is 16.8. The van der Waals surface area contributed by atoms with Crippen LogP contribution in [0.1, 0.15) is 21.8 Å². The highest BCUT2D eigenvalue weighted by molar-refractivity contribution is 6.02. The molecule has 0 spiro atoms. The van der Waals surface area contributed by atoms with Crippen LogP contribution in [0.2, 0.25) is 0 Å². The molecule has 0 aliphatic heterocycles. The predicted molar refractivity (Wildman–Crippen MR) is 89.9 cm³/mol. The van der Waals surface area contributed by atoms with Crippen LogP contribution in [0.5, 0.6) is 0 Å². The molecule has 1 aromatic carbocycles. The average molecular weight is 323 g/mol. The van der Waals surface area contributed by atoms with Gasteiger partial charge in [-0.05, 0) is 31.0 Å². The Morgan fingerprint density at radius 2 is 1.92 bits per heavy atom. The van der Waals surface area contributed by atoms with Crippen LogP contribution in [0.15, 0.2) is 53.1 Å². The van der Waals surface area contributed by atoms with Crippen LogP contribution >= 0.6 is 0 Å². The Morgan fingerprint density at radius 3 is 2.58 bits per heavy atom. The van der Waals surface area contributed by atoms with E-state index in [0.29, 0.717) is 17.4 Å². The van der Waals surface area contributed by atoms with E-state index in [1.54, 1.807) is 25.1 Å². The van der Waals surface area contributed by atoms with E-state index in [4.69, 9.17) is 4.52 Å². The molecule has 0 atom stereocenters. The van der Waals surface area contributed by atoms with Gasteiger partial charge in [0.05, 0.1) is 0 Å². The SMILES string of the molecule is Cc1cc(NC(=O)c2ccc(NCCc3ccccc3)nn2)no1. The molecule has 0 fully saturated rings. The molecule has 0 aliphatic rings. The summed E-state index contributed by atoms with van der Waals surface area (Å²) in [4.78, 5) is 12.0. The highest BCUT2D eigenvalue weighted by Crippen LogP contribution is 2.09. The van der Waals surface area contributed by atoms with Gasteiger partial charge in [0.15, 0.2) is 11.5 Å². The number of amides is 1. The van der Waals surface area contributed by atoms with Crippen LogP contribution < -0.4 is 10.6 Å². The minimum Gasteiger partial charge on any atom is -0.368 e. The molecule has 2 N–H and O–H groups in total. The molecule has 0 bridgehead atoms. The molecule has 0 aliphatic carbocycles. The Kier molecular flexibility index (Phi) is 4.81. The first-order valence-electron chi connectivity index (χ1n) is 7.57. The van der Waals surface area contributed by atoms with Gasteiger partial charge >= 0.3 is 0 Å². The molecular weight excluding hydrogens is 306 g/mol. The zero-order valence-corrected chi connectivity index (χ0v) is 13.2. The van der Waals surface area contributed by atoms with Gasteiger partial charge in [-0.2, -0.15) is 0 Å². The van der Waals surface area contributed by atoms with Crippen molar-refractivity contribution in [2.24, 2.45) is 0 Å². The van der Waals surface area contributed by atoms with Crippen molar-refractivity contribution < 1.29 is 9.32 Å². The first-order valence-corrected chi connectivity index (χ1v) is 7.57. The third-order valence-corrected chi connectivity index (χ3v) is 3.33. The van der Waals surface area contributed by atoms with Crippen LogP contribution in [0.25, 0.3) is 0 Å². The molecule has 3 rings (SSSR count). The minimum absolute atomic E-state index is 0.212. The maximum atomic E-state index is 12.0. The van der Waals surface area contributed by atoms with Crippen molar-refractivity contribution in [1.29, 1.82) is 0 Å². The van der Waals surface area contributed by atoms with Crippen LogP contribution in [0.4, 0.5) is 11.6 Å². The summed E-state index contributed by atoms with van der Waals surface area (Å²) in [6.45, 7) is 2.49. The molecule has 7 nitrogen and oxygen atoms in total. The van der Waals surface area contributed by atoms with E-state index >= 15 is 0 Å². The Bertz CT molecular complexity index is 799. The van der Waals surface area contributed by atoms with Gasteiger partial charge in [0.25, 0.3) is 5.91 Å². The van der Waals surface area contributed by atoms with Gasteiger partial charge in [-0.25, -0.2) is 0 Å². The highest BCUT2D eigenvalue weighted by Gasteiger charge is 2.11. The summed E-state index contributed by atoms with van der Waals surface area (Å²) in [5.41, 5.74) is 1.46. The summed E-state index contributed by atoms with van der Waals surface area (Å²) in [7, 11) is 0. The second-order valence-corrected chi connectivity index (χ2v) is 5.24. The number of nitrogens with one attached hydrogen (secondary N) is 2. The first-order chi connectivity index (χ1) is 11.7. The fraction of sp³-hybridized carbons (Fsp3) is 0.176. The molecule has 0 saturated heterocycles. The van der Waals surface area contributed by atoms with Gasteiger partial charge < -0.3 is 15.2 Å². The lowest BCUT2D eigenvalue weighted by Gasteiger charge is -2.05. The summed E-state index contributed by atoms with van der Waals surface area (Å²) >= 11 is 0. The fourth-order valence-corrected chi connectivity index (χ4v) is 2.13. The van der Waals surface area contributed by atoms with Crippen molar-refractivity contribution in [1.82, 2.24) is 15.4 Å². The van der Waals surface area contributed by atoms with Crippen LogP contribution in [-0.2, 0) is 6.42 Å². The quantitative estimate of drug-likeness (QED) is 0.724. The maximum Gasteiger partial charge on any atom is 0.277 e. The number of rotatable bonds is 6. The number of aromatic nitrogens is 3. The molecule has 0 saturated carbocycles. The van der Waals surface area contributed by atoms with E-state index in [1.807, 2.05) is 18.2 Å². The van der Waals surface area contributed by atoms with Crippen molar-refractivity contribution in [2.75, 3.05) is 17.2 Å². The highest BCUT2D eigenvalue weighted by atomic mass is 16.5. The summed E-state index contributed by atoms with van der Waals surface area (Å²) in [5, 5.41) is 17.4. The second-order valence-electron chi connectivity index (χ2n) is 5.24. The van der Waals surface area contributed by atoms with Gasteiger partial charge in [0.1, 0.15) is 11.6 Å². The van der Waals surface area contributed by atoms with Crippen LogP contribution in [0, 0.1) is 6.92 Å². The molecule has 122 valence electrons. The van der Waals surface area contributed by atoms with Crippen LogP contribution in [0.3, 0.4) is 0 Å². The first kappa shape index (κ1) is 15.7. The lowest BCUT2D eigenvalue weighted by Crippen LogP contribution is -2.15. The molecule has 2 heterocycles. The summed E-state index contributed by atoms with van der Waals surface area (Å²) in [5.74, 6) is 1.21. The van der Waals surface area contributed by atoms with E-state index < -0.39 is 0 Å². The molecular formula is C17H17N5O2. The lowest BCUT2D eigenvalue weighted by molar-refractivity contribution is 0.102. The number of benzene rings is 1. The van der Waals surface area contributed by atoms with Gasteiger partial charge in [-0.15, -0.1) is 10.2 Å². The van der Waals surface area contributed by atoms with Crippen molar-refractivity contribution >= 4 is 17.5 Å². The Balaban J connectivity index is 1.52. The monoisotopic (exact) mass is 323 g/mol. The van der Waals surface area contributed by atoms with E-state index in [-0.39, 0.29) is 11.6 Å². The predicted octanol–water partition coefficient (Wildman–Crippen LogP) is 2.68. The van der Waals surface area contributed by atoms with E-state index in [0.717, 1.165) is 13.0 Å². The molecule has 7 heteroatoms. The topological polar surface area (TPSA) is 92.9 Å². The van der Waals surface area contributed by atoms with Gasteiger partial charge in [-0.1, -0.05) is 35.5 Å². The largest absolute Gasteiger partial charge is 0.368 e. The third-order valence-electron chi connectivity index (χ3n) is 3.33. The normalized spacial score (nSPS) is 10.4. The number of carbonyl (C=O) groups is 1. The number of carbonyl (C=O) groups excluding carboxylic acids is 1. The number of hydrogen-bond donors (Lipinski definition) is 2. The summed E-state index contributed by atoms with van der Waals surface area (Å²) < 4.78 is 4.89. The number of aryl methyl sites for hydroxylation is 1. The minimum atomic E-state index is -0.383. The number of hydrogen-bond acceptors (Lipinski definition) is 6. The van der Waals surface area contributed by atoms with Gasteiger partial charge in [0.2, 0.25) is 0 Å². The van der Waals surface area contributed by atoms with Crippen LogP contribution in [-0.4, -0.2) is 27.8 Å². The summed E-state index contributed by atoms with van der Waals surface area (Å²) in [6.07, 6.45) is 0.885. The smallest absolute Gasteiger partial charge is 0.277 e. The standard InChI is InChI=1S/C17H17N5O2/c1-12-11-16(22-24-12)19-17(23)14-7-8-15(21-20-14)18-10-9-13-5-3-2-4-6-13/h2-8,11H,9-10H2,1H3,(H,18,21)(H,19,22,23). The van der Waals surface area contributed by atoms with Crippen molar-refractivity contribution in [3.8, 4) is 0 Å². The molecule has 0 radical (unpaired) electrons. The second kappa shape index (κ2) is 7.36. The van der Waals surface area contributed by atoms with E-state index in [2.05, 4.69) is 38.1 Å². The molecule has 1 amide bonds. The molecule has 3 aromatic rings. The molecule has 24 heavy (non-hydrogen) atoms. The Labute approximate surface area is 139 Å². The van der Waals surface area contributed by atoms with E-state index in [9.17, 15) is 4.79 Å². The van der Waals surface area contributed by atoms with Crippen molar-refractivity contribution in [2.45, 2.75) is 13.3 Å². The van der Waals surface area contributed by atoms with Crippen molar-refractivity contribution in [3.05, 3.63) is 65.5 Å². The summed E-state index contributed by atoms with van der Waals surface area (Å²) in [6, 6.07) is 15.1. The maximum absolute atomic E-state index is 12.0. The Hall–Kier alpha value is -3.22. The van der Waals surface area contributed by atoms with Crippen molar-refractivity contribution in [3.63, 3.8) is 0 Å². The average Bonchev–Trinajstić information content (AvgIpc) is 3.01. The van der Waals surface area contributed by atoms with Gasteiger partial charge in [-0.3, -0.25) is 4.79 Å². The lowest BCUT2D eigenvalue weighted by atomic mass is 10.1. The fourth-order valence-electron chi connectivity index (χ4n) is 2.13. The Morgan fingerprint density at radius 1 is 1.08 bits per heavy atom.